The number of carbonyl (C=O) groups is 2. The predicted octanol–water partition coefficient (Wildman–Crippen LogP) is 1.78. The van der Waals surface area contributed by atoms with E-state index >= 15 is 0 Å². The van der Waals surface area contributed by atoms with Gasteiger partial charge in [-0.25, -0.2) is 12.8 Å². The van der Waals surface area contributed by atoms with Crippen LogP contribution in [0.3, 0.4) is 0 Å². The lowest BCUT2D eigenvalue weighted by molar-refractivity contribution is -0.154. The highest BCUT2D eigenvalue weighted by molar-refractivity contribution is 7.89. The minimum absolute atomic E-state index is 0.0847. The minimum Gasteiger partial charge on any atom is -0.455 e. The number of sulfonamides is 1. The molecule has 0 unspecified atom stereocenters. The van der Waals surface area contributed by atoms with Gasteiger partial charge in [-0.15, -0.1) is 0 Å². The Labute approximate surface area is 159 Å². The van der Waals surface area contributed by atoms with Crippen molar-refractivity contribution in [2.75, 3.05) is 20.2 Å². The third kappa shape index (κ3) is 5.26. The van der Waals surface area contributed by atoms with E-state index in [9.17, 15) is 22.4 Å². The van der Waals surface area contributed by atoms with E-state index in [1.54, 1.807) is 4.90 Å². The van der Waals surface area contributed by atoms with Gasteiger partial charge in [0.1, 0.15) is 12.4 Å². The summed E-state index contributed by atoms with van der Waals surface area (Å²) in [6.45, 7) is 2.95. The lowest BCUT2D eigenvalue weighted by Crippen LogP contribution is -2.49. The zero-order chi connectivity index (χ0) is 20.2. The Morgan fingerprint density at radius 2 is 1.74 bits per heavy atom. The van der Waals surface area contributed by atoms with Crippen molar-refractivity contribution in [1.29, 1.82) is 0 Å². The Kier molecular flexibility index (Phi) is 6.94. The van der Waals surface area contributed by atoms with Gasteiger partial charge in [0.05, 0.1) is 4.90 Å². The molecule has 1 aliphatic heterocycles. The van der Waals surface area contributed by atoms with Gasteiger partial charge in [0.15, 0.2) is 6.61 Å². The standard InChI is InChI=1S/C18H25FN2O5S/c1-13-5-4-6-14(2)21(13)17(22)12-26-18(23)11-20(3)27(24,25)16-9-7-15(19)8-10-16/h7-10,13-14H,4-6,11-12H2,1-3H3/t13-,14-/m1/s1. The molecule has 1 aliphatic rings. The number of benzene rings is 1. The molecule has 150 valence electrons. The molecule has 0 saturated carbocycles. The highest BCUT2D eigenvalue weighted by atomic mass is 32.2. The molecule has 0 radical (unpaired) electrons. The highest BCUT2D eigenvalue weighted by Gasteiger charge is 2.30. The largest absolute Gasteiger partial charge is 0.455 e. The summed E-state index contributed by atoms with van der Waals surface area (Å²) in [4.78, 5) is 25.9. The Balaban J connectivity index is 1.91. The lowest BCUT2D eigenvalue weighted by Gasteiger charge is -2.38. The van der Waals surface area contributed by atoms with Crippen molar-refractivity contribution in [2.24, 2.45) is 0 Å². The number of hydrogen-bond donors (Lipinski definition) is 0. The number of hydrogen-bond acceptors (Lipinski definition) is 5. The highest BCUT2D eigenvalue weighted by Crippen LogP contribution is 2.22. The molecule has 1 aromatic carbocycles. The van der Waals surface area contributed by atoms with E-state index in [1.165, 1.54) is 7.05 Å². The van der Waals surface area contributed by atoms with Gasteiger partial charge in [0, 0.05) is 19.1 Å². The second kappa shape index (κ2) is 8.79. The fourth-order valence-electron chi connectivity index (χ4n) is 3.23. The number of carbonyl (C=O) groups excluding carboxylic acids is 2. The Morgan fingerprint density at radius 1 is 1.19 bits per heavy atom. The molecule has 2 atom stereocenters. The van der Waals surface area contributed by atoms with Gasteiger partial charge in [-0.2, -0.15) is 4.31 Å². The molecule has 1 amide bonds. The van der Waals surface area contributed by atoms with Crippen molar-refractivity contribution in [3.63, 3.8) is 0 Å². The van der Waals surface area contributed by atoms with Crippen LogP contribution in [-0.2, 0) is 24.3 Å². The first-order valence-electron chi connectivity index (χ1n) is 8.81. The van der Waals surface area contributed by atoms with Crippen LogP contribution in [-0.4, -0.2) is 61.8 Å². The molecule has 0 N–H and O–H groups in total. The topological polar surface area (TPSA) is 84.0 Å². The maximum absolute atomic E-state index is 13.0. The van der Waals surface area contributed by atoms with E-state index < -0.39 is 35.0 Å². The first-order valence-corrected chi connectivity index (χ1v) is 10.3. The number of likely N-dealkylation sites (tertiary alicyclic amines) is 1. The monoisotopic (exact) mass is 400 g/mol. The molecule has 1 aromatic rings. The van der Waals surface area contributed by atoms with Crippen molar-refractivity contribution in [1.82, 2.24) is 9.21 Å². The van der Waals surface area contributed by atoms with Gasteiger partial charge in [-0.05, 0) is 57.4 Å². The minimum atomic E-state index is -3.96. The third-order valence-electron chi connectivity index (χ3n) is 4.71. The van der Waals surface area contributed by atoms with Crippen LogP contribution in [0.1, 0.15) is 33.1 Å². The zero-order valence-electron chi connectivity index (χ0n) is 15.7. The van der Waals surface area contributed by atoms with E-state index in [0.29, 0.717) is 0 Å². The number of likely N-dealkylation sites (N-methyl/N-ethyl adjacent to an activating group) is 1. The van der Waals surface area contributed by atoms with Crippen LogP contribution in [0, 0.1) is 5.82 Å². The summed E-state index contributed by atoms with van der Waals surface area (Å²) in [5.41, 5.74) is 0. The van der Waals surface area contributed by atoms with Crippen molar-refractivity contribution >= 4 is 21.9 Å². The van der Waals surface area contributed by atoms with E-state index in [1.807, 2.05) is 13.8 Å². The van der Waals surface area contributed by atoms with Crippen LogP contribution >= 0.6 is 0 Å². The Bertz CT molecular complexity index is 771. The molecule has 0 bridgehead atoms. The molecule has 27 heavy (non-hydrogen) atoms. The number of rotatable bonds is 6. The van der Waals surface area contributed by atoms with Crippen molar-refractivity contribution < 1.29 is 27.1 Å². The number of esters is 1. The van der Waals surface area contributed by atoms with E-state index in [2.05, 4.69) is 0 Å². The van der Waals surface area contributed by atoms with Crippen molar-refractivity contribution in [3.05, 3.63) is 30.1 Å². The molecule has 0 aromatic heterocycles. The molecule has 1 saturated heterocycles. The maximum Gasteiger partial charge on any atom is 0.321 e. The summed E-state index contributed by atoms with van der Waals surface area (Å²) < 4.78 is 43.5. The van der Waals surface area contributed by atoms with E-state index in [-0.39, 0.29) is 22.9 Å². The molecule has 1 fully saturated rings. The Morgan fingerprint density at radius 3 is 2.30 bits per heavy atom. The first kappa shape index (κ1) is 21.3. The normalized spacial score (nSPS) is 20.6. The van der Waals surface area contributed by atoms with Crippen LogP contribution in [0.5, 0.6) is 0 Å². The zero-order valence-corrected chi connectivity index (χ0v) is 16.5. The van der Waals surface area contributed by atoms with Crippen molar-refractivity contribution in [2.45, 2.75) is 50.1 Å². The molecule has 1 heterocycles. The fourth-order valence-corrected chi connectivity index (χ4v) is 4.34. The van der Waals surface area contributed by atoms with Crippen LogP contribution in [0.15, 0.2) is 29.2 Å². The third-order valence-corrected chi connectivity index (χ3v) is 6.53. The van der Waals surface area contributed by atoms with E-state index in [0.717, 1.165) is 47.8 Å². The average Bonchev–Trinajstić information content (AvgIpc) is 2.60. The Hall–Kier alpha value is -2.00. The molecule has 0 spiro atoms. The molecule has 7 nitrogen and oxygen atoms in total. The van der Waals surface area contributed by atoms with Crippen LogP contribution in [0.25, 0.3) is 0 Å². The number of amides is 1. The number of halogens is 1. The summed E-state index contributed by atoms with van der Waals surface area (Å²) in [6.07, 6.45) is 2.86. The number of ether oxygens (including phenoxy) is 1. The van der Waals surface area contributed by atoms with Crippen molar-refractivity contribution in [3.8, 4) is 0 Å². The maximum atomic E-state index is 13.0. The molecular weight excluding hydrogens is 375 g/mol. The van der Waals surface area contributed by atoms with Gasteiger partial charge in [0.25, 0.3) is 5.91 Å². The van der Waals surface area contributed by atoms with Crippen LogP contribution in [0.4, 0.5) is 4.39 Å². The summed E-state index contributed by atoms with van der Waals surface area (Å²) in [5.74, 6) is -1.67. The summed E-state index contributed by atoms with van der Waals surface area (Å²) in [7, 11) is -2.74. The molecule has 0 aliphatic carbocycles. The van der Waals surface area contributed by atoms with E-state index in [4.69, 9.17) is 4.74 Å². The molecular formula is C18H25FN2O5S. The van der Waals surface area contributed by atoms with Crippen LogP contribution < -0.4 is 0 Å². The average molecular weight is 400 g/mol. The SMILES string of the molecule is C[C@@H]1CCC[C@@H](C)N1C(=O)COC(=O)CN(C)S(=O)(=O)c1ccc(F)cc1. The molecule has 9 heteroatoms. The second-order valence-electron chi connectivity index (χ2n) is 6.81. The fraction of sp³-hybridized carbons (Fsp3) is 0.556. The van der Waals surface area contributed by atoms with Gasteiger partial charge >= 0.3 is 5.97 Å². The van der Waals surface area contributed by atoms with Gasteiger partial charge in [-0.1, -0.05) is 0 Å². The smallest absolute Gasteiger partial charge is 0.321 e. The van der Waals surface area contributed by atoms with Crippen LogP contribution in [0.2, 0.25) is 0 Å². The second-order valence-corrected chi connectivity index (χ2v) is 8.85. The van der Waals surface area contributed by atoms with Gasteiger partial charge < -0.3 is 9.64 Å². The van der Waals surface area contributed by atoms with Gasteiger partial charge in [-0.3, -0.25) is 9.59 Å². The number of nitrogens with zero attached hydrogens (tertiary/aromatic N) is 2. The van der Waals surface area contributed by atoms with Gasteiger partial charge in [0.2, 0.25) is 10.0 Å². The molecule has 2 rings (SSSR count). The quantitative estimate of drug-likeness (QED) is 0.680. The first-order chi connectivity index (χ1) is 12.6. The lowest BCUT2D eigenvalue weighted by atomic mass is 9.97. The number of piperidine rings is 1. The summed E-state index contributed by atoms with van der Waals surface area (Å²) >= 11 is 0. The summed E-state index contributed by atoms with van der Waals surface area (Å²) in [5, 5.41) is 0. The summed E-state index contributed by atoms with van der Waals surface area (Å²) in [6, 6.07) is 4.46. The predicted molar refractivity (Wildman–Crippen MR) is 96.8 cm³/mol.